The van der Waals surface area contributed by atoms with Crippen molar-refractivity contribution in [2.45, 2.75) is 6.42 Å². The van der Waals surface area contributed by atoms with E-state index < -0.39 is 17.9 Å². The quantitative estimate of drug-likeness (QED) is 0.0536. The predicted molar refractivity (Wildman–Crippen MR) is 148 cm³/mol. The highest BCUT2D eigenvalue weighted by Gasteiger charge is 2.12. The van der Waals surface area contributed by atoms with E-state index in [1.165, 1.54) is 30.3 Å². The van der Waals surface area contributed by atoms with Crippen molar-refractivity contribution in [1.82, 2.24) is 0 Å². The average molecular weight is 545 g/mol. The zero-order valence-corrected chi connectivity index (χ0v) is 21.6. The standard InChI is InChI=1S/C30H28N2O8/c1-3-27(31)38-20-32-23-10-6-21(7-11-23)29(34)39-25-14-16-26(17-15-25)40-30(35)22-8-12-24(13-9-22)36-18-5-19-37-28(33)4-2/h3-4,6-17,31-32H,1-2,5,18-20H2. The molecule has 40 heavy (non-hydrogen) atoms. The Morgan fingerprint density at radius 2 is 1.23 bits per heavy atom. The monoisotopic (exact) mass is 544 g/mol. The smallest absolute Gasteiger partial charge is 0.343 e. The fourth-order valence-electron chi connectivity index (χ4n) is 3.06. The third-order valence-corrected chi connectivity index (χ3v) is 5.11. The van der Waals surface area contributed by atoms with E-state index in [1.807, 2.05) is 0 Å². The van der Waals surface area contributed by atoms with Crippen molar-refractivity contribution < 1.29 is 38.1 Å². The molecule has 0 aliphatic carbocycles. The Labute approximate surface area is 231 Å². The van der Waals surface area contributed by atoms with Gasteiger partial charge in [0.15, 0.2) is 6.73 Å². The van der Waals surface area contributed by atoms with Gasteiger partial charge in [-0.25, -0.2) is 14.4 Å². The van der Waals surface area contributed by atoms with E-state index >= 15 is 0 Å². The molecular weight excluding hydrogens is 516 g/mol. The lowest BCUT2D eigenvalue weighted by molar-refractivity contribution is -0.137. The van der Waals surface area contributed by atoms with Crippen molar-refractivity contribution in [2.24, 2.45) is 0 Å². The van der Waals surface area contributed by atoms with Gasteiger partial charge in [-0.3, -0.25) is 5.41 Å². The summed E-state index contributed by atoms with van der Waals surface area (Å²) in [5, 5.41) is 10.3. The van der Waals surface area contributed by atoms with Crippen molar-refractivity contribution in [1.29, 1.82) is 5.41 Å². The van der Waals surface area contributed by atoms with Gasteiger partial charge in [-0.05, 0) is 78.9 Å². The number of carbonyl (C=O) groups is 3. The van der Waals surface area contributed by atoms with Crippen LogP contribution in [0.3, 0.4) is 0 Å². The lowest BCUT2D eigenvalue weighted by atomic mass is 10.2. The van der Waals surface area contributed by atoms with Gasteiger partial charge in [0.2, 0.25) is 5.90 Å². The molecule has 0 fully saturated rings. The molecule has 0 aliphatic rings. The van der Waals surface area contributed by atoms with E-state index in [0.717, 1.165) is 6.08 Å². The molecule has 10 heteroatoms. The molecule has 3 rings (SSSR count). The zero-order valence-electron chi connectivity index (χ0n) is 21.6. The highest BCUT2D eigenvalue weighted by Crippen LogP contribution is 2.21. The summed E-state index contributed by atoms with van der Waals surface area (Å²) >= 11 is 0. The first kappa shape index (κ1) is 29.2. The molecule has 206 valence electrons. The maximum Gasteiger partial charge on any atom is 0.343 e. The second-order valence-electron chi connectivity index (χ2n) is 7.96. The first-order chi connectivity index (χ1) is 19.4. The minimum atomic E-state index is -0.562. The Kier molecular flexibility index (Phi) is 11.0. The van der Waals surface area contributed by atoms with Crippen molar-refractivity contribution in [3.8, 4) is 17.2 Å². The second-order valence-corrected chi connectivity index (χ2v) is 7.96. The molecule has 0 atom stereocenters. The summed E-state index contributed by atoms with van der Waals surface area (Å²) in [6.45, 7) is 7.41. The molecule has 2 N–H and O–H groups in total. The summed E-state index contributed by atoms with van der Waals surface area (Å²) in [7, 11) is 0. The molecule has 3 aromatic carbocycles. The van der Waals surface area contributed by atoms with Gasteiger partial charge >= 0.3 is 17.9 Å². The highest BCUT2D eigenvalue weighted by atomic mass is 16.5. The number of hydrogen-bond donors (Lipinski definition) is 2. The third-order valence-electron chi connectivity index (χ3n) is 5.11. The molecule has 0 saturated carbocycles. The summed E-state index contributed by atoms with van der Waals surface area (Å²) < 4.78 is 26.3. The van der Waals surface area contributed by atoms with E-state index in [0.29, 0.717) is 35.6 Å². The number of esters is 3. The van der Waals surface area contributed by atoms with Crippen molar-refractivity contribution >= 4 is 29.5 Å². The molecule has 0 radical (unpaired) electrons. The summed E-state index contributed by atoms with van der Waals surface area (Å²) in [4.78, 5) is 35.9. The lowest BCUT2D eigenvalue weighted by Crippen LogP contribution is -2.11. The molecule has 0 aromatic heterocycles. The highest BCUT2D eigenvalue weighted by molar-refractivity contribution is 5.92. The van der Waals surface area contributed by atoms with Crippen LogP contribution in [0, 0.1) is 5.41 Å². The van der Waals surface area contributed by atoms with E-state index in [1.54, 1.807) is 48.5 Å². The third kappa shape index (κ3) is 9.49. The van der Waals surface area contributed by atoms with Crippen LogP contribution >= 0.6 is 0 Å². The Bertz CT molecular complexity index is 1330. The number of carbonyl (C=O) groups excluding carboxylic acids is 3. The number of hydrogen-bond acceptors (Lipinski definition) is 10. The van der Waals surface area contributed by atoms with Gasteiger partial charge in [0, 0.05) is 18.2 Å². The molecule has 0 spiro atoms. The van der Waals surface area contributed by atoms with Gasteiger partial charge < -0.3 is 29.0 Å². The van der Waals surface area contributed by atoms with Crippen LogP contribution in [-0.2, 0) is 14.3 Å². The molecular formula is C30H28N2O8. The predicted octanol–water partition coefficient (Wildman–Crippen LogP) is 5.17. The Morgan fingerprint density at radius 3 is 1.75 bits per heavy atom. The fraction of sp³-hybridized carbons (Fsp3) is 0.133. The number of rotatable bonds is 14. The van der Waals surface area contributed by atoms with Crippen LogP contribution in [-0.4, -0.2) is 43.8 Å². The van der Waals surface area contributed by atoms with Gasteiger partial charge in [-0.15, -0.1) is 0 Å². The minimum absolute atomic E-state index is 0.0485. The van der Waals surface area contributed by atoms with E-state index in [-0.39, 0.29) is 30.7 Å². The summed E-state index contributed by atoms with van der Waals surface area (Å²) in [5.41, 5.74) is 1.36. The van der Waals surface area contributed by atoms with E-state index in [2.05, 4.69) is 18.5 Å². The lowest BCUT2D eigenvalue weighted by Gasteiger charge is -2.09. The van der Waals surface area contributed by atoms with Crippen LogP contribution in [0.2, 0.25) is 0 Å². The SMILES string of the molecule is C=CC(=N)OCNc1ccc(C(=O)Oc2ccc(OC(=O)c3ccc(OCCCOC(=O)C=C)cc3)cc2)cc1. The number of anilines is 1. The van der Waals surface area contributed by atoms with Crippen LogP contribution in [0.4, 0.5) is 5.69 Å². The van der Waals surface area contributed by atoms with Crippen LogP contribution in [0.1, 0.15) is 27.1 Å². The topological polar surface area (TPSA) is 133 Å². The first-order valence-electron chi connectivity index (χ1n) is 12.1. The van der Waals surface area contributed by atoms with Crippen LogP contribution in [0.25, 0.3) is 0 Å². The number of nitrogens with one attached hydrogen (secondary N) is 2. The molecule has 0 unspecified atom stereocenters. The molecule has 0 aliphatic heterocycles. The second kappa shape index (κ2) is 15.1. The van der Waals surface area contributed by atoms with Crippen molar-refractivity contribution in [3.05, 3.63) is 109 Å². The van der Waals surface area contributed by atoms with Gasteiger partial charge in [0.05, 0.1) is 24.3 Å². The molecule has 0 amide bonds. The van der Waals surface area contributed by atoms with Crippen LogP contribution in [0.15, 0.2) is 98.1 Å². The molecule has 0 heterocycles. The van der Waals surface area contributed by atoms with Gasteiger partial charge in [-0.1, -0.05) is 13.2 Å². The largest absolute Gasteiger partial charge is 0.493 e. The Morgan fingerprint density at radius 1 is 0.700 bits per heavy atom. The summed E-state index contributed by atoms with van der Waals surface area (Å²) in [5.74, 6) is -0.528. The molecule has 3 aromatic rings. The van der Waals surface area contributed by atoms with Crippen molar-refractivity contribution in [2.75, 3.05) is 25.3 Å². The van der Waals surface area contributed by atoms with Gasteiger partial charge in [0.25, 0.3) is 0 Å². The van der Waals surface area contributed by atoms with Gasteiger partial charge in [-0.2, -0.15) is 0 Å². The fourth-order valence-corrected chi connectivity index (χ4v) is 3.06. The molecule has 0 bridgehead atoms. The van der Waals surface area contributed by atoms with E-state index in [9.17, 15) is 14.4 Å². The van der Waals surface area contributed by atoms with Crippen LogP contribution < -0.4 is 19.5 Å². The Balaban J connectivity index is 1.43. The van der Waals surface area contributed by atoms with Crippen molar-refractivity contribution in [3.63, 3.8) is 0 Å². The maximum atomic E-state index is 12.5. The number of ether oxygens (including phenoxy) is 5. The minimum Gasteiger partial charge on any atom is -0.493 e. The number of benzene rings is 3. The maximum absolute atomic E-state index is 12.5. The zero-order chi connectivity index (χ0) is 28.7. The normalized spacial score (nSPS) is 10.0. The molecule has 0 saturated heterocycles. The van der Waals surface area contributed by atoms with E-state index in [4.69, 9.17) is 29.1 Å². The summed E-state index contributed by atoms with van der Waals surface area (Å²) in [6, 6.07) is 19.1. The first-order valence-corrected chi connectivity index (χ1v) is 12.1. The Hall–Kier alpha value is -5.38. The average Bonchev–Trinajstić information content (AvgIpc) is 2.98. The van der Waals surface area contributed by atoms with Crippen LogP contribution in [0.5, 0.6) is 17.2 Å². The molecule has 10 nitrogen and oxygen atoms in total. The summed E-state index contributed by atoms with van der Waals surface area (Å²) in [6.07, 6.45) is 2.89. The van der Waals surface area contributed by atoms with Gasteiger partial charge in [0.1, 0.15) is 17.2 Å².